The summed E-state index contributed by atoms with van der Waals surface area (Å²) in [5.74, 6) is 1.62. The van der Waals surface area contributed by atoms with Gasteiger partial charge in [-0.15, -0.1) is 0 Å². The van der Waals surface area contributed by atoms with Crippen LogP contribution in [0.4, 0.5) is 0 Å². The first kappa shape index (κ1) is 13.4. The van der Waals surface area contributed by atoms with Crippen molar-refractivity contribution in [1.82, 2.24) is 4.90 Å². The van der Waals surface area contributed by atoms with Crippen molar-refractivity contribution in [1.29, 1.82) is 0 Å². The van der Waals surface area contributed by atoms with Crippen LogP contribution < -0.4 is 10.5 Å². The molecule has 1 saturated heterocycles. The molecule has 1 aliphatic heterocycles. The molecule has 0 saturated carbocycles. The molecular weight excluding hydrogens is 224 g/mol. The molecule has 18 heavy (non-hydrogen) atoms. The Bertz CT molecular complexity index is 394. The zero-order valence-corrected chi connectivity index (χ0v) is 11.6. The first-order chi connectivity index (χ1) is 8.67. The molecule has 100 valence electrons. The molecule has 0 aromatic heterocycles. The Balaban J connectivity index is 2.18. The molecule has 1 heterocycles. The standard InChI is InChI=1S/C15H24N2O/c1-11-8-13(9-16)10-17(11)12(2)14-6-4-5-7-15(14)18-3/h4-7,11-13H,8-10,16H2,1-3H3. The Morgan fingerprint density at radius 2 is 2.17 bits per heavy atom. The molecule has 0 amide bonds. The Hall–Kier alpha value is -1.06. The van der Waals surface area contributed by atoms with Crippen molar-refractivity contribution in [3.8, 4) is 5.75 Å². The molecule has 3 unspecified atom stereocenters. The van der Waals surface area contributed by atoms with E-state index in [-0.39, 0.29) is 0 Å². The molecule has 3 heteroatoms. The maximum atomic E-state index is 5.80. The molecule has 2 N–H and O–H groups in total. The highest BCUT2D eigenvalue weighted by Gasteiger charge is 2.32. The van der Waals surface area contributed by atoms with E-state index in [9.17, 15) is 0 Å². The van der Waals surface area contributed by atoms with Gasteiger partial charge in [0.25, 0.3) is 0 Å². The van der Waals surface area contributed by atoms with E-state index in [1.807, 2.05) is 12.1 Å². The van der Waals surface area contributed by atoms with Gasteiger partial charge in [-0.3, -0.25) is 4.90 Å². The summed E-state index contributed by atoms with van der Waals surface area (Å²) in [5.41, 5.74) is 7.07. The number of para-hydroxylation sites is 1. The van der Waals surface area contributed by atoms with Crippen molar-refractivity contribution >= 4 is 0 Å². The van der Waals surface area contributed by atoms with Crippen molar-refractivity contribution in [2.24, 2.45) is 11.7 Å². The summed E-state index contributed by atoms with van der Waals surface area (Å²) in [6, 6.07) is 9.27. The highest BCUT2D eigenvalue weighted by atomic mass is 16.5. The average Bonchev–Trinajstić information content (AvgIpc) is 2.79. The molecule has 3 nitrogen and oxygen atoms in total. The van der Waals surface area contributed by atoms with Gasteiger partial charge in [0, 0.05) is 24.2 Å². The normalized spacial score (nSPS) is 26.2. The molecule has 0 radical (unpaired) electrons. The average molecular weight is 248 g/mol. The quantitative estimate of drug-likeness (QED) is 0.889. The van der Waals surface area contributed by atoms with Crippen molar-refractivity contribution < 1.29 is 4.74 Å². The second kappa shape index (κ2) is 5.72. The number of rotatable bonds is 4. The monoisotopic (exact) mass is 248 g/mol. The van der Waals surface area contributed by atoms with Crippen LogP contribution in [0.25, 0.3) is 0 Å². The van der Waals surface area contributed by atoms with Gasteiger partial charge in [-0.1, -0.05) is 18.2 Å². The van der Waals surface area contributed by atoms with Gasteiger partial charge in [-0.25, -0.2) is 0 Å². The van der Waals surface area contributed by atoms with Gasteiger partial charge in [0.2, 0.25) is 0 Å². The summed E-state index contributed by atoms with van der Waals surface area (Å²) in [5, 5.41) is 0. The largest absolute Gasteiger partial charge is 0.496 e. The lowest BCUT2D eigenvalue weighted by atomic mass is 10.1. The summed E-state index contributed by atoms with van der Waals surface area (Å²) >= 11 is 0. The molecular formula is C15H24N2O. The first-order valence-electron chi connectivity index (χ1n) is 6.76. The fraction of sp³-hybridized carbons (Fsp3) is 0.600. The molecule has 1 aromatic carbocycles. The molecule has 1 fully saturated rings. The van der Waals surface area contributed by atoms with E-state index in [2.05, 4.69) is 30.9 Å². The van der Waals surface area contributed by atoms with Crippen LogP contribution >= 0.6 is 0 Å². The zero-order chi connectivity index (χ0) is 13.1. The number of methoxy groups -OCH3 is 1. The molecule has 0 aliphatic carbocycles. The fourth-order valence-electron chi connectivity index (χ4n) is 3.07. The smallest absolute Gasteiger partial charge is 0.123 e. The number of benzene rings is 1. The fourth-order valence-corrected chi connectivity index (χ4v) is 3.07. The van der Waals surface area contributed by atoms with E-state index in [4.69, 9.17) is 10.5 Å². The lowest BCUT2D eigenvalue weighted by molar-refractivity contribution is 0.197. The van der Waals surface area contributed by atoms with Crippen LogP contribution in [0.1, 0.15) is 31.9 Å². The number of hydrogen-bond donors (Lipinski definition) is 1. The van der Waals surface area contributed by atoms with Crippen LogP contribution in [0, 0.1) is 5.92 Å². The second-order valence-electron chi connectivity index (χ2n) is 5.30. The Morgan fingerprint density at radius 1 is 1.44 bits per heavy atom. The zero-order valence-electron chi connectivity index (χ0n) is 11.6. The second-order valence-corrected chi connectivity index (χ2v) is 5.30. The maximum Gasteiger partial charge on any atom is 0.123 e. The van der Waals surface area contributed by atoms with Crippen LogP contribution in [-0.2, 0) is 0 Å². The van der Waals surface area contributed by atoms with Crippen molar-refractivity contribution in [3.63, 3.8) is 0 Å². The summed E-state index contributed by atoms with van der Waals surface area (Å²) in [6.07, 6.45) is 1.20. The van der Waals surface area contributed by atoms with Crippen LogP contribution in [0.2, 0.25) is 0 Å². The van der Waals surface area contributed by atoms with Gasteiger partial charge >= 0.3 is 0 Å². The van der Waals surface area contributed by atoms with Crippen molar-refractivity contribution in [3.05, 3.63) is 29.8 Å². The molecule has 2 rings (SSSR count). The summed E-state index contributed by atoms with van der Waals surface area (Å²) in [7, 11) is 1.74. The van der Waals surface area contributed by atoms with Crippen LogP contribution in [0.15, 0.2) is 24.3 Å². The van der Waals surface area contributed by atoms with E-state index in [0.29, 0.717) is 18.0 Å². The van der Waals surface area contributed by atoms with Gasteiger partial charge in [0.15, 0.2) is 0 Å². The van der Waals surface area contributed by atoms with Gasteiger partial charge in [0.1, 0.15) is 5.75 Å². The van der Waals surface area contributed by atoms with Gasteiger partial charge in [0.05, 0.1) is 7.11 Å². The third-order valence-corrected chi connectivity index (χ3v) is 4.13. The highest BCUT2D eigenvalue weighted by Crippen LogP contribution is 2.35. The maximum absolute atomic E-state index is 5.80. The number of likely N-dealkylation sites (tertiary alicyclic amines) is 1. The number of ether oxygens (including phenoxy) is 1. The first-order valence-corrected chi connectivity index (χ1v) is 6.76. The summed E-state index contributed by atoms with van der Waals surface area (Å²) < 4.78 is 5.46. The topological polar surface area (TPSA) is 38.5 Å². The van der Waals surface area contributed by atoms with Crippen molar-refractivity contribution in [2.75, 3.05) is 20.2 Å². The predicted molar refractivity (Wildman–Crippen MR) is 74.7 cm³/mol. The Kier molecular flexibility index (Phi) is 4.25. The minimum absolute atomic E-state index is 0.382. The Labute approximate surface area is 110 Å². The highest BCUT2D eigenvalue weighted by molar-refractivity contribution is 5.35. The molecule has 0 bridgehead atoms. The van der Waals surface area contributed by atoms with E-state index in [0.717, 1.165) is 18.8 Å². The molecule has 1 aromatic rings. The van der Waals surface area contributed by atoms with E-state index < -0.39 is 0 Å². The van der Waals surface area contributed by atoms with Crippen LogP contribution in [-0.4, -0.2) is 31.1 Å². The predicted octanol–water partition coefficient (Wildman–Crippen LogP) is 2.43. The van der Waals surface area contributed by atoms with Gasteiger partial charge < -0.3 is 10.5 Å². The number of hydrogen-bond acceptors (Lipinski definition) is 3. The molecule has 3 atom stereocenters. The van der Waals surface area contributed by atoms with Crippen LogP contribution in [0.3, 0.4) is 0 Å². The van der Waals surface area contributed by atoms with E-state index in [1.165, 1.54) is 12.0 Å². The third-order valence-electron chi connectivity index (χ3n) is 4.13. The number of nitrogens with two attached hydrogens (primary N) is 1. The van der Waals surface area contributed by atoms with Crippen molar-refractivity contribution in [2.45, 2.75) is 32.4 Å². The minimum Gasteiger partial charge on any atom is -0.496 e. The van der Waals surface area contributed by atoms with Gasteiger partial charge in [-0.2, -0.15) is 0 Å². The lowest BCUT2D eigenvalue weighted by Gasteiger charge is -2.29. The Morgan fingerprint density at radius 3 is 2.78 bits per heavy atom. The SMILES string of the molecule is COc1ccccc1C(C)N1CC(CN)CC1C. The molecule has 1 aliphatic rings. The van der Waals surface area contributed by atoms with E-state index >= 15 is 0 Å². The lowest BCUT2D eigenvalue weighted by Crippen LogP contribution is -2.31. The summed E-state index contributed by atoms with van der Waals surface area (Å²) in [6.45, 7) is 6.44. The van der Waals surface area contributed by atoms with Crippen LogP contribution in [0.5, 0.6) is 5.75 Å². The van der Waals surface area contributed by atoms with E-state index in [1.54, 1.807) is 7.11 Å². The number of nitrogens with zero attached hydrogens (tertiary/aromatic N) is 1. The third kappa shape index (κ3) is 2.52. The molecule has 0 spiro atoms. The minimum atomic E-state index is 0.382. The van der Waals surface area contributed by atoms with Gasteiger partial charge in [-0.05, 0) is 38.8 Å². The summed E-state index contributed by atoms with van der Waals surface area (Å²) in [4.78, 5) is 2.54.